The maximum Gasteiger partial charge on any atom is 0.191 e. The molecule has 0 N–H and O–H groups in total. The third kappa shape index (κ3) is 1.39. The Bertz CT molecular complexity index is 479. The second-order valence-electron chi connectivity index (χ2n) is 3.55. The van der Waals surface area contributed by atoms with Crippen molar-refractivity contribution in [1.29, 1.82) is 10.5 Å². The standard InChI is InChI=1S/C12H8N2O/c13-6-9(7-14)12(15)11-5-8-3-1-2-4-10(8)11/h1-4,9,11H,5H2. The smallest absolute Gasteiger partial charge is 0.191 e. The molecule has 0 aromatic heterocycles. The largest absolute Gasteiger partial charge is 0.296 e. The van der Waals surface area contributed by atoms with Crippen LogP contribution in [-0.4, -0.2) is 5.78 Å². The first kappa shape index (κ1) is 9.43. The van der Waals surface area contributed by atoms with E-state index in [1.54, 1.807) is 12.1 Å². The summed E-state index contributed by atoms with van der Waals surface area (Å²) in [7, 11) is 0. The maximum atomic E-state index is 11.7. The van der Waals surface area contributed by atoms with Crippen LogP contribution in [0.2, 0.25) is 0 Å². The molecular weight excluding hydrogens is 188 g/mol. The number of nitrogens with zero attached hydrogens (tertiary/aromatic N) is 2. The number of ketones is 1. The van der Waals surface area contributed by atoms with Gasteiger partial charge >= 0.3 is 0 Å². The Morgan fingerprint density at radius 1 is 1.33 bits per heavy atom. The van der Waals surface area contributed by atoms with E-state index in [-0.39, 0.29) is 11.7 Å². The summed E-state index contributed by atoms with van der Waals surface area (Å²) in [6.07, 6.45) is 0.662. The first-order valence-electron chi connectivity index (χ1n) is 4.68. The predicted octanol–water partition coefficient (Wildman–Crippen LogP) is 1.56. The fourth-order valence-electron chi connectivity index (χ4n) is 1.87. The van der Waals surface area contributed by atoms with Crippen LogP contribution in [-0.2, 0) is 11.2 Å². The van der Waals surface area contributed by atoms with Gasteiger partial charge in [-0.25, -0.2) is 0 Å². The zero-order valence-electron chi connectivity index (χ0n) is 7.97. The van der Waals surface area contributed by atoms with Gasteiger partial charge in [0, 0.05) is 5.92 Å². The molecule has 0 spiro atoms. The van der Waals surface area contributed by atoms with Gasteiger partial charge in [-0.3, -0.25) is 4.79 Å². The lowest BCUT2D eigenvalue weighted by Crippen LogP contribution is -2.29. The van der Waals surface area contributed by atoms with E-state index in [4.69, 9.17) is 10.5 Å². The van der Waals surface area contributed by atoms with Crippen molar-refractivity contribution in [3.8, 4) is 12.1 Å². The molecule has 15 heavy (non-hydrogen) atoms. The molecule has 1 atom stereocenters. The fourth-order valence-corrected chi connectivity index (χ4v) is 1.87. The molecule has 0 radical (unpaired) electrons. The van der Waals surface area contributed by atoms with Crippen molar-refractivity contribution in [1.82, 2.24) is 0 Å². The van der Waals surface area contributed by atoms with E-state index in [1.165, 1.54) is 0 Å². The summed E-state index contributed by atoms with van der Waals surface area (Å²) >= 11 is 0. The topological polar surface area (TPSA) is 64.7 Å². The average molecular weight is 196 g/mol. The van der Waals surface area contributed by atoms with Gasteiger partial charge in [0.05, 0.1) is 12.1 Å². The molecule has 3 nitrogen and oxygen atoms in total. The maximum absolute atomic E-state index is 11.7. The van der Waals surface area contributed by atoms with Gasteiger partial charge < -0.3 is 0 Å². The molecule has 0 amide bonds. The van der Waals surface area contributed by atoms with E-state index in [1.807, 2.05) is 24.3 Å². The first-order valence-corrected chi connectivity index (χ1v) is 4.68. The summed E-state index contributed by atoms with van der Waals surface area (Å²) in [4.78, 5) is 11.7. The van der Waals surface area contributed by atoms with Crippen molar-refractivity contribution >= 4 is 5.78 Å². The molecule has 2 rings (SSSR count). The highest BCUT2D eigenvalue weighted by molar-refractivity contribution is 5.94. The van der Waals surface area contributed by atoms with E-state index in [9.17, 15) is 4.79 Å². The molecule has 1 aromatic rings. The SMILES string of the molecule is N#CC(C#N)C(=O)C1Cc2ccccc21. The third-order valence-electron chi connectivity index (χ3n) is 2.74. The molecule has 0 aliphatic heterocycles. The van der Waals surface area contributed by atoms with Crippen molar-refractivity contribution in [2.45, 2.75) is 12.3 Å². The van der Waals surface area contributed by atoms with E-state index < -0.39 is 5.92 Å². The van der Waals surface area contributed by atoms with Crippen LogP contribution in [0.5, 0.6) is 0 Å². The van der Waals surface area contributed by atoms with Crippen molar-refractivity contribution in [3.63, 3.8) is 0 Å². The quantitative estimate of drug-likeness (QED) is 0.720. The minimum atomic E-state index is -1.12. The summed E-state index contributed by atoms with van der Waals surface area (Å²) < 4.78 is 0. The zero-order chi connectivity index (χ0) is 10.8. The number of benzene rings is 1. The van der Waals surface area contributed by atoms with Crippen molar-refractivity contribution in [2.24, 2.45) is 5.92 Å². The number of rotatable bonds is 2. The minimum absolute atomic E-state index is 0.245. The number of carbonyl (C=O) groups is 1. The molecule has 1 aliphatic carbocycles. The van der Waals surface area contributed by atoms with Gasteiger partial charge in [-0.15, -0.1) is 0 Å². The predicted molar refractivity (Wildman–Crippen MR) is 52.6 cm³/mol. The van der Waals surface area contributed by atoms with Crippen LogP contribution in [0.3, 0.4) is 0 Å². The van der Waals surface area contributed by atoms with Crippen LogP contribution in [0.25, 0.3) is 0 Å². The zero-order valence-corrected chi connectivity index (χ0v) is 7.97. The molecule has 0 fully saturated rings. The molecule has 3 heteroatoms. The van der Waals surface area contributed by atoms with Gasteiger partial charge in [0.2, 0.25) is 0 Å². The summed E-state index contributed by atoms with van der Waals surface area (Å²) in [6, 6.07) is 11.1. The molecule has 0 bridgehead atoms. The highest BCUT2D eigenvalue weighted by Gasteiger charge is 2.35. The number of fused-ring (bicyclic) bond motifs is 1. The number of nitriles is 2. The molecule has 1 unspecified atom stereocenters. The van der Waals surface area contributed by atoms with Gasteiger partial charge in [0.25, 0.3) is 0 Å². The minimum Gasteiger partial charge on any atom is -0.296 e. The Kier molecular flexibility index (Phi) is 2.23. The third-order valence-corrected chi connectivity index (χ3v) is 2.74. The number of hydrogen-bond acceptors (Lipinski definition) is 3. The van der Waals surface area contributed by atoms with Gasteiger partial charge in [0.15, 0.2) is 11.7 Å². The van der Waals surface area contributed by atoms with Crippen LogP contribution in [0.15, 0.2) is 24.3 Å². The molecule has 0 heterocycles. The normalized spacial score (nSPS) is 17.1. The van der Waals surface area contributed by atoms with Crippen molar-refractivity contribution < 1.29 is 4.79 Å². The Labute approximate surface area is 87.6 Å². The Morgan fingerprint density at radius 3 is 2.60 bits per heavy atom. The number of hydrogen-bond donors (Lipinski definition) is 0. The van der Waals surface area contributed by atoms with Crippen LogP contribution in [0.4, 0.5) is 0 Å². The molecule has 1 aliphatic rings. The molecule has 1 aromatic carbocycles. The van der Waals surface area contributed by atoms with Gasteiger partial charge in [-0.1, -0.05) is 24.3 Å². The summed E-state index contributed by atoms with van der Waals surface area (Å²) in [5.74, 6) is -1.63. The van der Waals surface area contributed by atoms with Gasteiger partial charge in [-0.05, 0) is 17.5 Å². The lowest BCUT2D eigenvalue weighted by molar-refractivity contribution is -0.121. The molecule has 0 saturated carbocycles. The lowest BCUT2D eigenvalue weighted by atomic mass is 9.73. The molecular formula is C12H8N2O. The van der Waals surface area contributed by atoms with Gasteiger partial charge in [0.1, 0.15) is 0 Å². The lowest BCUT2D eigenvalue weighted by Gasteiger charge is -2.28. The monoisotopic (exact) mass is 196 g/mol. The van der Waals surface area contributed by atoms with Crippen molar-refractivity contribution in [3.05, 3.63) is 35.4 Å². The van der Waals surface area contributed by atoms with Gasteiger partial charge in [-0.2, -0.15) is 10.5 Å². The highest BCUT2D eigenvalue weighted by atomic mass is 16.1. The van der Waals surface area contributed by atoms with Crippen LogP contribution < -0.4 is 0 Å². The number of carbonyl (C=O) groups excluding carboxylic acids is 1. The van der Waals surface area contributed by atoms with Crippen LogP contribution >= 0.6 is 0 Å². The molecule has 72 valence electrons. The van der Waals surface area contributed by atoms with E-state index >= 15 is 0 Å². The van der Waals surface area contributed by atoms with Crippen LogP contribution in [0, 0.1) is 28.6 Å². The Hall–Kier alpha value is -2.13. The Morgan fingerprint density at radius 2 is 2.00 bits per heavy atom. The summed E-state index contributed by atoms with van der Waals surface area (Å²) in [5, 5.41) is 17.2. The second kappa shape index (κ2) is 3.55. The fraction of sp³-hybridized carbons (Fsp3) is 0.250. The second-order valence-corrected chi connectivity index (χ2v) is 3.55. The van der Waals surface area contributed by atoms with Crippen LogP contribution in [0.1, 0.15) is 17.0 Å². The molecule has 0 saturated heterocycles. The average Bonchev–Trinajstić information content (AvgIpc) is 2.22. The van der Waals surface area contributed by atoms with E-state index in [0.717, 1.165) is 11.1 Å². The first-order chi connectivity index (χ1) is 7.27. The van der Waals surface area contributed by atoms with Crippen molar-refractivity contribution in [2.75, 3.05) is 0 Å². The summed E-state index contributed by atoms with van der Waals surface area (Å²) in [5.41, 5.74) is 2.11. The Balaban J connectivity index is 2.22. The highest BCUT2D eigenvalue weighted by Crippen LogP contribution is 2.36. The van der Waals surface area contributed by atoms with E-state index in [0.29, 0.717) is 6.42 Å². The van der Waals surface area contributed by atoms with E-state index in [2.05, 4.69) is 0 Å². The number of Topliss-reactive ketones (excluding diaryl/α,β-unsaturated/α-hetero) is 1. The summed E-state index contributed by atoms with van der Waals surface area (Å²) in [6.45, 7) is 0.